The van der Waals surface area contributed by atoms with Gasteiger partial charge >= 0.3 is 5.97 Å². The zero-order chi connectivity index (χ0) is 25.7. The second kappa shape index (κ2) is 14.7. The number of carboxylic acids is 1. The van der Waals surface area contributed by atoms with Gasteiger partial charge in [-0.25, -0.2) is 4.79 Å². The van der Waals surface area contributed by atoms with Crippen LogP contribution in [0, 0.1) is 5.92 Å². The number of primary amides is 2. The number of carboxylic acid groups (broad SMARTS) is 1. The molecule has 0 aromatic carbocycles. The average molecular weight is 475 g/mol. The monoisotopic (exact) mass is 474 g/mol. The van der Waals surface area contributed by atoms with Crippen molar-refractivity contribution < 1.29 is 39.0 Å². The number of carbonyl (C=O) groups excluding carboxylic acids is 5. The maximum absolute atomic E-state index is 12.8. The summed E-state index contributed by atoms with van der Waals surface area (Å²) in [5.41, 5.74) is 15.7. The van der Waals surface area contributed by atoms with Crippen molar-refractivity contribution in [2.24, 2.45) is 23.1 Å². The van der Waals surface area contributed by atoms with Crippen molar-refractivity contribution >= 4 is 35.5 Å². The Kier molecular flexibility index (Phi) is 13.3. The predicted octanol–water partition coefficient (Wildman–Crippen LogP) is -3.58. The number of nitrogens with two attached hydrogens (primary N) is 3. The first-order chi connectivity index (χ1) is 15.3. The predicted molar refractivity (Wildman–Crippen MR) is 115 cm³/mol. The van der Waals surface area contributed by atoms with Crippen molar-refractivity contribution in [3.05, 3.63) is 0 Å². The summed E-state index contributed by atoms with van der Waals surface area (Å²) in [4.78, 5) is 70.5. The molecule has 0 radical (unpaired) electrons. The molecule has 0 aromatic rings. The second-order valence-corrected chi connectivity index (χ2v) is 7.63. The van der Waals surface area contributed by atoms with E-state index in [0.717, 1.165) is 0 Å². The second-order valence-electron chi connectivity index (χ2n) is 7.63. The third-order valence-electron chi connectivity index (χ3n) is 4.94. The Bertz CT molecular complexity index is 731. The van der Waals surface area contributed by atoms with Gasteiger partial charge in [-0.1, -0.05) is 20.3 Å². The summed E-state index contributed by atoms with van der Waals surface area (Å²) >= 11 is 0. The van der Waals surface area contributed by atoms with Crippen LogP contribution in [0.4, 0.5) is 0 Å². The quantitative estimate of drug-likeness (QED) is 0.110. The summed E-state index contributed by atoms with van der Waals surface area (Å²) in [5, 5.41) is 25.6. The zero-order valence-electron chi connectivity index (χ0n) is 18.7. The summed E-state index contributed by atoms with van der Waals surface area (Å²) in [6.45, 7) is 2.56. The van der Waals surface area contributed by atoms with Crippen LogP contribution in [0.15, 0.2) is 0 Å². The van der Waals surface area contributed by atoms with E-state index in [9.17, 15) is 39.0 Å². The van der Waals surface area contributed by atoms with Crippen LogP contribution in [0.25, 0.3) is 0 Å². The van der Waals surface area contributed by atoms with Gasteiger partial charge in [-0.05, 0) is 18.8 Å². The molecule has 0 bridgehead atoms. The maximum atomic E-state index is 12.8. The van der Waals surface area contributed by atoms with Gasteiger partial charge in [0.2, 0.25) is 29.5 Å². The number of carbonyl (C=O) groups is 6. The molecule has 5 amide bonds. The van der Waals surface area contributed by atoms with Crippen LogP contribution < -0.4 is 33.2 Å². The number of hydrogen-bond donors (Lipinski definition) is 8. The topological polar surface area (TPSA) is 257 Å². The minimum atomic E-state index is -1.53. The van der Waals surface area contributed by atoms with Crippen LogP contribution in [0.2, 0.25) is 0 Å². The Balaban J connectivity index is 5.27. The number of aliphatic hydroxyl groups excluding tert-OH is 1. The van der Waals surface area contributed by atoms with Gasteiger partial charge in [0, 0.05) is 12.8 Å². The largest absolute Gasteiger partial charge is 0.480 e. The number of nitrogens with one attached hydrogen (secondary N) is 3. The summed E-state index contributed by atoms with van der Waals surface area (Å²) in [6.07, 6.45) is -0.274. The van der Waals surface area contributed by atoms with E-state index in [4.69, 9.17) is 17.2 Å². The number of aliphatic hydroxyl groups is 1. The summed E-state index contributed by atoms with van der Waals surface area (Å²) < 4.78 is 0. The Hall–Kier alpha value is -3.26. The minimum Gasteiger partial charge on any atom is -0.480 e. The van der Waals surface area contributed by atoms with Gasteiger partial charge in [-0.2, -0.15) is 0 Å². The third-order valence-corrected chi connectivity index (χ3v) is 4.94. The van der Waals surface area contributed by atoms with E-state index in [-0.39, 0.29) is 25.7 Å². The molecule has 0 aliphatic rings. The van der Waals surface area contributed by atoms with E-state index in [1.54, 1.807) is 13.8 Å². The fraction of sp³-hybridized carbons (Fsp3) is 0.684. The lowest BCUT2D eigenvalue weighted by atomic mass is 9.97. The van der Waals surface area contributed by atoms with Crippen molar-refractivity contribution in [2.45, 2.75) is 70.1 Å². The van der Waals surface area contributed by atoms with Crippen LogP contribution in [0.5, 0.6) is 0 Å². The molecular formula is C19H34N6O8. The molecule has 188 valence electrons. The molecule has 0 saturated carbocycles. The van der Waals surface area contributed by atoms with Gasteiger partial charge in [-0.3, -0.25) is 24.0 Å². The van der Waals surface area contributed by atoms with Gasteiger partial charge in [0.15, 0.2) is 0 Å². The molecule has 14 nitrogen and oxygen atoms in total. The number of aliphatic carboxylic acids is 1. The van der Waals surface area contributed by atoms with Crippen LogP contribution in [0.3, 0.4) is 0 Å². The molecule has 5 atom stereocenters. The first-order valence-corrected chi connectivity index (χ1v) is 10.4. The van der Waals surface area contributed by atoms with Crippen molar-refractivity contribution in [1.29, 1.82) is 0 Å². The lowest BCUT2D eigenvalue weighted by molar-refractivity contribution is -0.143. The van der Waals surface area contributed by atoms with E-state index < -0.39 is 72.2 Å². The fourth-order valence-corrected chi connectivity index (χ4v) is 2.66. The number of amides is 5. The SMILES string of the molecule is CCC(C)C(NC(=O)C(N)CCC(N)=O)C(=O)NC(CO)C(=O)NC(CCC(N)=O)C(=O)O. The highest BCUT2D eigenvalue weighted by Gasteiger charge is 2.32. The van der Waals surface area contributed by atoms with Gasteiger partial charge in [0.25, 0.3) is 0 Å². The first-order valence-electron chi connectivity index (χ1n) is 10.4. The molecule has 0 rings (SSSR count). The van der Waals surface area contributed by atoms with E-state index in [0.29, 0.717) is 6.42 Å². The molecule has 14 heteroatoms. The number of rotatable bonds is 16. The van der Waals surface area contributed by atoms with Crippen LogP contribution >= 0.6 is 0 Å². The lowest BCUT2D eigenvalue weighted by Gasteiger charge is -2.27. The van der Waals surface area contributed by atoms with Crippen molar-refractivity contribution in [3.63, 3.8) is 0 Å². The molecule has 0 aromatic heterocycles. The molecule has 5 unspecified atom stereocenters. The van der Waals surface area contributed by atoms with E-state index in [1.165, 1.54) is 0 Å². The first kappa shape index (κ1) is 29.7. The summed E-state index contributed by atoms with van der Waals surface area (Å²) in [6, 6.07) is -5.23. The van der Waals surface area contributed by atoms with Crippen molar-refractivity contribution in [1.82, 2.24) is 16.0 Å². The summed E-state index contributed by atoms with van der Waals surface area (Å²) in [7, 11) is 0. The van der Waals surface area contributed by atoms with E-state index in [1.807, 2.05) is 0 Å². The van der Waals surface area contributed by atoms with Crippen LogP contribution in [0.1, 0.15) is 46.0 Å². The molecule has 0 aliphatic carbocycles. The Morgan fingerprint density at radius 1 is 0.818 bits per heavy atom. The van der Waals surface area contributed by atoms with Gasteiger partial charge in [0.05, 0.1) is 12.6 Å². The highest BCUT2D eigenvalue weighted by molar-refractivity contribution is 5.94. The standard InChI is InChI=1S/C19H34N6O8/c1-3-9(2)15(25-16(29)10(20)4-6-13(21)27)18(31)24-12(8-26)17(30)23-11(19(32)33)5-7-14(22)28/h9-12,15,26H,3-8,20H2,1-2H3,(H2,21,27)(H2,22,28)(H,23,30)(H,24,31)(H,25,29)(H,32,33). The zero-order valence-corrected chi connectivity index (χ0v) is 18.7. The van der Waals surface area contributed by atoms with E-state index in [2.05, 4.69) is 16.0 Å². The Labute approximate surface area is 191 Å². The number of hydrogen-bond acceptors (Lipinski definition) is 8. The third kappa shape index (κ3) is 11.2. The van der Waals surface area contributed by atoms with Gasteiger partial charge < -0.3 is 43.4 Å². The fourth-order valence-electron chi connectivity index (χ4n) is 2.66. The summed E-state index contributed by atoms with van der Waals surface area (Å²) in [5.74, 6) is -5.75. The van der Waals surface area contributed by atoms with Crippen LogP contribution in [-0.4, -0.2) is 76.5 Å². The van der Waals surface area contributed by atoms with Crippen molar-refractivity contribution in [2.75, 3.05) is 6.61 Å². The molecule has 33 heavy (non-hydrogen) atoms. The Morgan fingerprint density at radius 2 is 1.33 bits per heavy atom. The molecule has 0 saturated heterocycles. The van der Waals surface area contributed by atoms with Crippen molar-refractivity contribution in [3.8, 4) is 0 Å². The highest BCUT2D eigenvalue weighted by Crippen LogP contribution is 2.09. The molecule has 11 N–H and O–H groups in total. The van der Waals surface area contributed by atoms with Crippen LogP contribution in [-0.2, 0) is 28.8 Å². The molecule has 0 fully saturated rings. The molecule has 0 aliphatic heterocycles. The molecule has 0 heterocycles. The normalized spacial score (nSPS) is 15.3. The molecular weight excluding hydrogens is 440 g/mol. The maximum Gasteiger partial charge on any atom is 0.326 e. The smallest absolute Gasteiger partial charge is 0.326 e. The van der Waals surface area contributed by atoms with E-state index >= 15 is 0 Å². The lowest BCUT2D eigenvalue weighted by Crippen LogP contribution is -2.59. The highest BCUT2D eigenvalue weighted by atomic mass is 16.4. The average Bonchev–Trinajstić information content (AvgIpc) is 2.75. The van der Waals surface area contributed by atoms with Gasteiger partial charge in [0.1, 0.15) is 18.1 Å². The van der Waals surface area contributed by atoms with Gasteiger partial charge in [-0.15, -0.1) is 0 Å². The Morgan fingerprint density at radius 3 is 1.79 bits per heavy atom. The molecule has 0 spiro atoms. The minimum absolute atomic E-state index is 0.0282.